The number of nitrogens with one attached hydrogen (secondary N) is 1. The molecule has 2 aromatic carbocycles. The van der Waals surface area contributed by atoms with Crippen LogP contribution in [0.4, 0.5) is 5.95 Å². The lowest BCUT2D eigenvalue weighted by Gasteiger charge is -2.20. The third kappa shape index (κ3) is 4.16. The number of amides is 1. The molecule has 0 spiro atoms. The number of hydrogen-bond acceptors (Lipinski definition) is 6. The molecule has 3 aromatic rings. The molecule has 29 heavy (non-hydrogen) atoms. The Morgan fingerprint density at radius 3 is 2.79 bits per heavy atom. The van der Waals surface area contributed by atoms with Crippen molar-refractivity contribution >= 4 is 11.9 Å². The van der Waals surface area contributed by atoms with Gasteiger partial charge in [0.05, 0.1) is 6.54 Å². The van der Waals surface area contributed by atoms with Crippen LogP contribution in [0.3, 0.4) is 0 Å². The number of aromatic hydroxyl groups is 1. The van der Waals surface area contributed by atoms with Gasteiger partial charge < -0.3 is 20.5 Å². The van der Waals surface area contributed by atoms with E-state index in [1.54, 1.807) is 11.0 Å². The molecule has 1 aromatic heterocycles. The van der Waals surface area contributed by atoms with Crippen LogP contribution < -0.4 is 10.5 Å². The molecule has 0 atom stereocenters. The number of benzene rings is 2. The third-order valence-electron chi connectivity index (χ3n) is 4.98. The Kier molecular flexibility index (Phi) is 5.07. The summed E-state index contributed by atoms with van der Waals surface area (Å²) in [4.78, 5) is 18.5. The van der Waals surface area contributed by atoms with Gasteiger partial charge in [-0.15, -0.1) is 5.10 Å². The molecule has 0 bridgehead atoms. The SMILES string of the molecule is Cc1ccc(-c2cc(O)c3c(c2)CN(C(=O)CCc2nc(N)n[nH]2)CCO3)cc1. The second kappa shape index (κ2) is 7.83. The second-order valence-corrected chi connectivity index (χ2v) is 7.15. The van der Waals surface area contributed by atoms with Crippen LogP contribution in [0.2, 0.25) is 0 Å². The fourth-order valence-corrected chi connectivity index (χ4v) is 3.43. The number of anilines is 1. The van der Waals surface area contributed by atoms with E-state index < -0.39 is 0 Å². The highest BCUT2D eigenvalue weighted by Crippen LogP contribution is 2.37. The molecule has 4 rings (SSSR count). The number of phenols is 1. The maximum absolute atomic E-state index is 12.7. The van der Waals surface area contributed by atoms with E-state index in [9.17, 15) is 9.90 Å². The molecule has 8 heteroatoms. The zero-order valence-electron chi connectivity index (χ0n) is 16.2. The first-order valence-electron chi connectivity index (χ1n) is 9.50. The lowest BCUT2D eigenvalue weighted by atomic mass is 10.0. The summed E-state index contributed by atoms with van der Waals surface area (Å²) in [5, 5.41) is 17.0. The molecular weight excluding hydrogens is 370 g/mol. The van der Waals surface area contributed by atoms with Gasteiger partial charge in [0.25, 0.3) is 0 Å². The predicted octanol–water partition coefficient (Wildman–Crippen LogP) is 2.42. The highest BCUT2D eigenvalue weighted by Gasteiger charge is 2.23. The number of aromatic amines is 1. The Morgan fingerprint density at radius 1 is 1.28 bits per heavy atom. The number of carbonyl (C=O) groups is 1. The van der Waals surface area contributed by atoms with Crippen molar-refractivity contribution in [3.05, 3.63) is 53.3 Å². The largest absolute Gasteiger partial charge is 0.504 e. The number of aromatic nitrogens is 3. The van der Waals surface area contributed by atoms with Crippen molar-refractivity contribution in [2.45, 2.75) is 26.3 Å². The Labute approximate surface area is 168 Å². The summed E-state index contributed by atoms with van der Waals surface area (Å²) < 4.78 is 5.75. The van der Waals surface area contributed by atoms with Crippen LogP contribution in [0.15, 0.2) is 36.4 Å². The van der Waals surface area contributed by atoms with E-state index in [-0.39, 0.29) is 24.0 Å². The summed E-state index contributed by atoms with van der Waals surface area (Å²) >= 11 is 0. The van der Waals surface area contributed by atoms with Crippen molar-refractivity contribution in [2.24, 2.45) is 0 Å². The van der Waals surface area contributed by atoms with Crippen LogP contribution in [-0.4, -0.2) is 44.2 Å². The van der Waals surface area contributed by atoms with E-state index in [1.165, 1.54) is 5.56 Å². The van der Waals surface area contributed by atoms with Crippen LogP contribution in [-0.2, 0) is 17.8 Å². The van der Waals surface area contributed by atoms with Gasteiger partial charge in [-0.1, -0.05) is 29.8 Å². The Morgan fingerprint density at radius 2 is 2.07 bits per heavy atom. The molecule has 4 N–H and O–H groups in total. The fourth-order valence-electron chi connectivity index (χ4n) is 3.43. The van der Waals surface area contributed by atoms with Gasteiger partial charge in [-0.05, 0) is 30.2 Å². The summed E-state index contributed by atoms with van der Waals surface area (Å²) in [7, 11) is 0. The molecular formula is C21H23N5O3. The van der Waals surface area contributed by atoms with Crippen LogP contribution in [0.25, 0.3) is 11.1 Å². The number of carbonyl (C=O) groups excluding carboxylic acids is 1. The van der Waals surface area contributed by atoms with E-state index in [0.29, 0.717) is 37.7 Å². The first-order valence-corrected chi connectivity index (χ1v) is 9.50. The second-order valence-electron chi connectivity index (χ2n) is 7.15. The number of H-pyrrole nitrogens is 1. The molecule has 0 aliphatic carbocycles. The Balaban J connectivity index is 1.53. The lowest BCUT2D eigenvalue weighted by molar-refractivity contribution is -0.131. The van der Waals surface area contributed by atoms with Crippen molar-refractivity contribution in [2.75, 3.05) is 18.9 Å². The van der Waals surface area contributed by atoms with Crippen molar-refractivity contribution in [3.63, 3.8) is 0 Å². The molecule has 8 nitrogen and oxygen atoms in total. The summed E-state index contributed by atoms with van der Waals surface area (Å²) in [5.41, 5.74) is 9.34. The molecule has 0 radical (unpaired) electrons. The number of phenolic OH excluding ortho intramolecular Hbond substituents is 1. The van der Waals surface area contributed by atoms with Gasteiger partial charge in [-0.25, -0.2) is 0 Å². The zero-order chi connectivity index (χ0) is 20.4. The van der Waals surface area contributed by atoms with Crippen molar-refractivity contribution in [1.82, 2.24) is 20.1 Å². The van der Waals surface area contributed by atoms with E-state index in [4.69, 9.17) is 10.5 Å². The normalized spacial score (nSPS) is 13.5. The maximum atomic E-state index is 12.7. The van der Waals surface area contributed by atoms with E-state index >= 15 is 0 Å². The monoisotopic (exact) mass is 393 g/mol. The third-order valence-corrected chi connectivity index (χ3v) is 4.98. The molecule has 0 saturated carbocycles. The number of nitrogen functional groups attached to an aromatic ring is 1. The number of rotatable bonds is 4. The summed E-state index contributed by atoms with van der Waals surface area (Å²) in [6.45, 7) is 3.18. The highest BCUT2D eigenvalue weighted by molar-refractivity contribution is 5.77. The number of nitrogens with two attached hydrogens (primary N) is 1. The maximum Gasteiger partial charge on any atom is 0.239 e. The summed E-state index contributed by atoms with van der Waals surface area (Å²) in [6, 6.07) is 11.8. The summed E-state index contributed by atoms with van der Waals surface area (Å²) in [5.74, 6) is 1.27. The van der Waals surface area contributed by atoms with Gasteiger partial charge in [0.1, 0.15) is 12.4 Å². The average Bonchev–Trinajstić information content (AvgIpc) is 2.99. The van der Waals surface area contributed by atoms with Crippen LogP contribution in [0.5, 0.6) is 11.5 Å². The van der Waals surface area contributed by atoms with Gasteiger partial charge in [-0.2, -0.15) is 4.98 Å². The number of fused-ring (bicyclic) bond motifs is 1. The average molecular weight is 393 g/mol. The molecule has 1 aliphatic heterocycles. The van der Waals surface area contributed by atoms with Crippen molar-refractivity contribution < 1.29 is 14.6 Å². The van der Waals surface area contributed by atoms with Gasteiger partial charge >= 0.3 is 0 Å². The molecule has 150 valence electrons. The number of hydrogen-bond donors (Lipinski definition) is 3. The minimum Gasteiger partial charge on any atom is -0.504 e. The minimum absolute atomic E-state index is 0.0170. The quantitative estimate of drug-likeness (QED) is 0.627. The molecule has 1 aliphatic rings. The number of nitrogens with zero attached hydrogens (tertiary/aromatic N) is 3. The Hall–Kier alpha value is -3.55. The van der Waals surface area contributed by atoms with E-state index in [1.807, 2.05) is 37.3 Å². The fraction of sp³-hybridized carbons (Fsp3) is 0.286. The minimum atomic E-state index is -0.0170. The van der Waals surface area contributed by atoms with Crippen molar-refractivity contribution in [1.29, 1.82) is 0 Å². The van der Waals surface area contributed by atoms with Gasteiger partial charge in [-0.3, -0.25) is 9.89 Å². The first-order chi connectivity index (χ1) is 14.0. The highest BCUT2D eigenvalue weighted by atomic mass is 16.5. The molecule has 0 saturated heterocycles. The Bertz CT molecular complexity index is 1030. The predicted molar refractivity (Wildman–Crippen MR) is 108 cm³/mol. The van der Waals surface area contributed by atoms with E-state index in [2.05, 4.69) is 15.2 Å². The summed E-state index contributed by atoms with van der Waals surface area (Å²) in [6.07, 6.45) is 0.718. The van der Waals surface area contributed by atoms with E-state index in [0.717, 1.165) is 16.7 Å². The smallest absolute Gasteiger partial charge is 0.239 e. The standard InChI is InChI=1S/C21H23N5O3/c1-13-2-4-14(5-3-13)15-10-16-12-26(8-9-29-20(16)17(27)11-15)19(28)7-6-18-23-21(22)25-24-18/h2-5,10-11,27H,6-9,12H2,1H3,(H3,22,23,24,25). The number of ether oxygens (including phenoxy) is 1. The zero-order valence-corrected chi connectivity index (χ0v) is 16.2. The van der Waals surface area contributed by atoms with Crippen LogP contribution in [0.1, 0.15) is 23.4 Å². The van der Waals surface area contributed by atoms with Gasteiger partial charge in [0.2, 0.25) is 11.9 Å². The van der Waals surface area contributed by atoms with Gasteiger partial charge in [0.15, 0.2) is 11.5 Å². The molecule has 2 heterocycles. The van der Waals surface area contributed by atoms with Gasteiger partial charge in [0, 0.05) is 24.9 Å². The molecule has 0 fully saturated rings. The number of aryl methyl sites for hydroxylation is 2. The topological polar surface area (TPSA) is 117 Å². The van der Waals surface area contributed by atoms with Crippen LogP contribution >= 0.6 is 0 Å². The first kappa shape index (κ1) is 18.8. The molecule has 1 amide bonds. The van der Waals surface area contributed by atoms with Crippen molar-refractivity contribution in [3.8, 4) is 22.6 Å². The van der Waals surface area contributed by atoms with Crippen LogP contribution in [0, 0.1) is 6.92 Å². The molecule has 0 unspecified atom stereocenters. The lowest BCUT2D eigenvalue weighted by Crippen LogP contribution is -2.32.